The van der Waals surface area contributed by atoms with Gasteiger partial charge in [0.2, 0.25) is 17.7 Å². The lowest BCUT2D eigenvalue weighted by Crippen LogP contribution is -2.54. The van der Waals surface area contributed by atoms with Gasteiger partial charge in [-0.2, -0.15) is 0 Å². The smallest absolute Gasteiger partial charge is 0.243 e. The molecule has 1 heterocycles. The summed E-state index contributed by atoms with van der Waals surface area (Å²) >= 11 is 0. The number of likely N-dealkylation sites (tertiary alicyclic amines) is 1. The predicted octanol–water partition coefficient (Wildman–Crippen LogP) is 4.44. The molecule has 0 saturated carbocycles. The zero-order valence-corrected chi connectivity index (χ0v) is 24.3. The van der Waals surface area contributed by atoms with Crippen LogP contribution < -0.4 is 16.0 Å². The molecule has 0 aromatic heterocycles. The van der Waals surface area contributed by atoms with E-state index in [0.29, 0.717) is 31.8 Å². The minimum atomic E-state index is -0.705. The molecular weight excluding hydrogens is 488 g/mol. The van der Waals surface area contributed by atoms with Crippen LogP contribution in [-0.2, 0) is 20.8 Å². The standard InChI is InChI=1S/C32H48N4O3/c1-5-25(6-2)32(39)36-19-11-14-29(36)31(38)35-28(30(37)34-18-10-9-17-33-22-23(3)4)21-24-15-16-26-12-7-8-13-27(26)20-24/h7-8,12-13,15-16,20,23,25,28-29,33H,5-6,9-11,14,17-19,21-22H2,1-4H3,(H,34,37)(H,35,38)/t28-,29?/m1/s1. The summed E-state index contributed by atoms with van der Waals surface area (Å²) in [6, 6.07) is 13.1. The number of unbranched alkanes of at least 4 members (excludes halogenated alkanes) is 1. The van der Waals surface area contributed by atoms with Gasteiger partial charge in [-0.15, -0.1) is 0 Å². The molecule has 3 amide bonds. The number of carbonyl (C=O) groups excluding carboxylic acids is 3. The van der Waals surface area contributed by atoms with E-state index in [2.05, 4.69) is 54.1 Å². The van der Waals surface area contributed by atoms with E-state index in [-0.39, 0.29) is 23.6 Å². The molecule has 3 rings (SSSR count). The van der Waals surface area contributed by atoms with Gasteiger partial charge in [-0.05, 0) is 73.9 Å². The van der Waals surface area contributed by atoms with Crippen molar-refractivity contribution in [1.82, 2.24) is 20.9 Å². The average molecular weight is 537 g/mol. The lowest BCUT2D eigenvalue weighted by Gasteiger charge is -2.29. The Bertz CT molecular complexity index is 1080. The minimum Gasteiger partial charge on any atom is -0.354 e. The zero-order chi connectivity index (χ0) is 28.2. The van der Waals surface area contributed by atoms with E-state index in [4.69, 9.17) is 0 Å². The first-order valence-corrected chi connectivity index (χ1v) is 14.9. The lowest BCUT2D eigenvalue weighted by atomic mass is 10.00. The average Bonchev–Trinajstić information content (AvgIpc) is 3.43. The van der Waals surface area contributed by atoms with Gasteiger partial charge in [-0.1, -0.05) is 70.2 Å². The second-order valence-corrected chi connectivity index (χ2v) is 11.2. The lowest BCUT2D eigenvalue weighted by molar-refractivity contribution is -0.142. The zero-order valence-electron chi connectivity index (χ0n) is 24.3. The van der Waals surface area contributed by atoms with Gasteiger partial charge in [0.15, 0.2) is 0 Å². The maximum Gasteiger partial charge on any atom is 0.243 e. The fourth-order valence-electron chi connectivity index (χ4n) is 5.35. The molecule has 3 N–H and O–H groups in total. The number of fused-ring (bicyclic) bond motifs is 1. The molecule has 39 heavy (non-hydrogen) atoms. The van der Waals surface area contributed by atoms with E-state index in [9.17, 15) is 14.4 Å². The molecule has 2 aromatic carbocycles. The number of nitrogens with zero attached hydrogens (tertiary/aromatic N) is 1. The van der Waals surface area contributed by atoms with Crippen molar-refractivity contribution < 1.29 is 14.4 Å². The van der Waals surface area contributed by atoms with Crippen LogP contribution in [0.1, 0.15) is 71.8 Å². The van der Waals surface area contributed by atoms with Crippen LogP contribution in [0.15, 0.2) is 42.5 Å². The summed E-state index contributed by atoms with van der Waals surface area (Å²) in [6.07, 6.45) is 5.20. The van der Waals surface area contributed by atoms with E-state index in [1.165, 1.54) is 0 Å². The van der Waals surface area contributed by atoms with E-state index in [1.807, 2.05) is 32.0 Å². The highest BCUT2D eigenvalue weighted by molar-refractivity contribution is 5.93. The number of carbonyl (C=O) groups is 3. The Balaban J connectivity index is 1.67. The summed E-state index contributed by atoms with van der Waals surface area (Å²) in [5, 5.41) is 11.7. The van der Waals surface area contributed by atoms with Gasteiger partial charge in [0.1, 0.15) is 12.1 Å². The number of rotatable bonds is 15. The van der Waals surface area contributed by atoms with Crippen molar-refractivity contribution in [2.24, 2.45) is 11.8 Å². The van der Waals surface area contributed by atoms with Crippen molar-refractivity contribution >= 4 is 28.5 Å². The quantitative estimate of drug-likeness (QED) is 0.294. The van der Waals surface area contributed by atoms with Gasteiger partial charge in [0.25, 0.3) is 0 Å². The summed E-state index contributed by atoms with van der Waals surface area (Å²) in [5.74, 6) is 0.197. The van der Waals surface area contributed by atoms with Gasteiger partial charge in [0, 0.05) is 25.4 Å². The summed E-state index contributed by atoms with van der Waals surface area (Å²) in [4.78, 5) is 41.7. The van der Waals surface area contributed by atoms with E-state index in [1.54, 1.807) is 4.90 Å². The van der Waals surface area contributed by atoms with Gasteiger partial charge in [-0.25, -0.2) is 0 Å². The molecule has 214 valence electrons. The summed E-state index contributed by atoms with van der Waals surface area (Å²) < 4.78 is 0. The van der Waals surface area contributed by atoms with Gasteiger partial charge >= 0.3 is 0 Å². The Hall–Kier alpha value is -2.93. The molecule has 0 aliphatic carbocycles. The molecule has 1 aliphatic rings. The second-order valence-electron chi connectivity index (χ2n) is 11.2. The summed E-state index contributed by atoms with van der Waals surface area (Å²) in [5.41, 5.74) is 0.989. The van der Waals surface area contributed by atoms with Crippen molar-refractivity contribution in [3.63, 3.8) is 0 Å². The number of benzene rings is 2. The normalized spacial score (nSPS) is 16.2. The predicted molar refractivity (Wildman–Crippen MR) is 158 cm³/mol. The first-order valence-electron chi connectivity index (χ1n) is 14.9. The molecule has 0 spiro atoms. The van der Waals surface area contributed by atoms with Crippen LogP contribution in [0.2, 0.25) is 0 Å². The fraction of sp³-hybridized carbons (Fsp3) is 0.594. The van der Waals surface area contributed by atoms with Crippen LogP contribution in [0.4, 0.5) is 0 Å². The minimum absolute atomic E-state index is 0.0549. The first-order chi connectivity index (χ1) is 18.8. The molecule has 2 aromatic rings. The van der Waals surface area contributed by atoms with Crippen molar-refractivity contribution in [3.8, 4) is 0 Å². The maximum absolute atomic E-state index is 13.5. The first kappa shape index (κ1) is 30.6. The Kier molecular flexibility index (Phi) is 12.2. The van der Waals surface area contributed by atoms with Crippen LogP contribution in [-0.4, -0.2) is 60.9 Å². The van der Waals surface area contributed by atoms with E-state index >= 15 is 0 Å². The number of hydrogen-bond donors (Lipinski definition) is 3. The third-order valence-corrected chi connectivity index (χ3v) is 7.69. The number of nitrogens with one attached hydrogen (secondary N) is 3. The van der Waals surface area contributed by atoms with Crippen LogP contribution >= 0.6 is 0 Å². The third-order valence-electron chi connectivity index (χ3n) is 7.69. The molecule has 7 heteroatoms. The molecule has 2 atom stereocenters. The molecule has 1 unspecified atom stereocenters. The Morgan fingerprint density at radius 3 is 2.41 bits per heavy atom. The largest absolute Gasteiger partial charge is 0.354 e. The molecule has 0 radical (unpaired) electrons. The number of amides is 3. The molecular formula is C32H48N4O3. The van der Waals surface area contributed by atoms with Crippen LogP contribution in [0.3, 0.4) is 0 Å². The van der Waals surface area contributed by atoms with Crippen LogP contribution in [0.25, 0.3) is 10.8 Å². The third kappa shape index (κ3) is 9.06. The van der Waals surface area contributed by atoms with Gasteiger partial charge < -0.3 is 20.9 Å². The van der Waals surface area contributed by atoms with E-state index < -0.39 is 12.1 Å². The Morgan fingerprint density at radius 1 is 0.974 bits per heavy atom. The molecule has 1 saturated heterocycles. The molecule has 7 nitrogen and oxygen atoms in total. The maximum atomic E-state index is 13.5. The molecule has 1 aliphatic heterocycles. The highest BCUT2D eigenvalue weighted by Crippen LogP contribution is 2.23. The number of hydrogen-bond acceptors (Lipinski definition) is 4. The van der Waals surface area contributed by atoms with Gasteiger partial charge in [0.05, 0.1) is 0 Å². The summed E-state index contributed by atoms with van der Waals surface area (Å²) in [6.45, 7) is 11.5. The molecule has 0 bridgehead atoms. The summed E-state index contributed by atoms with van der Waals surface area (Å²) in [7, 11) is 0. The van der Waals surface area contributed by atoms with Crippen molar-refractivity contribution in [2.75, 3.05) is 26.2 Å². The van der Waals surface area contributed by atoms with Crippen LogP contribution in [0.5, 0.6) is 0 Å². The molecule has 1 fully saturated rings. The second kappa shape index (κ2) is 15.6. The monoisotopic (exact) mass is 536 g/mol. The van der Waals surface area contributed by atoms with Crippen molar-refractivity contribution in [3.05, 3.63) is 48.0 Å². The fourth-order valence-corrected chi connectivity index (χ4v) is 5.35. The topological polar surface area (TPSA) is 90.5 Å². The van der Waals surface area contributed by atoms with Gasteiger partial charge in [-0.3, -0.25) is 14.4 Å². The Morgan fingerprint density at radius 2 is 1.69 bits per heavy atom. The van der Waals surface area contributed by atoms with Crippen molar-refractivity contribution in [2.45, 2.75) is 84.7 Å². The highest BCUT2D eigenvalue weighted by Gasteiger charge is 2.37. The van der Waals surface area contributed by atoms with E-state index in [0.717, 1.165) is 61.5 Å². The SMILES string of the molecule is CCC(CC)C(=O)N1CCCC1C(=O)N[C@H](Cc1ccc2ccccc2c1)C(=O)NCCCCNCC(C)C. The van der Waals surface area contributed by atoms with Crippen molar-refractivity contribution in [1.29, 1.82) is 0 Å². The Labute approximate surface area is 234 Å². The highest BCUT2D eigenvalue weighted by atomic mass is 16.2. The van der Waals surface area contributed by atoms with Crippen LogP contribution in [0, 0.1) is 11.8 Å².